The number of hydrogen-bond donors (Lipinski definition) is 0. The third-order valence-corrected chi connectivity index (χ3v) is 3.85. The summed E-state index contributed by atoms with van der Waals surface area (Å²) >= 11 is 0. The van der Waals surface area contributed by atoms with E-state index in [0.29, 0.717) is 6.10 Å². The number of epoxide rings is 1. The van der Waals surface area contributed by atoms with Gasteiger partial charge in [-0.15, -0.1) is 0 Å². The molecular weight excluding hydrogens is 212 g/mol. The van der Waals surface area contributed by atoms with Crippen LogP contribution in [0.5, 0.6) is 0 Å². The van der Waals surface area contributed by atoms with Gasteiger partial charge in [-0.2, -0.15) is 0 Å². The highest BCUT2D eigenvalue weighted by atomic mass is 16.6. The molecule has 0 radical (unpaired) electrons. The molecular formula is C15H30O2. The summed E-state index contributed by atoms with van der Waals surface area (Å²) in [6, 6.07) is 0. The van der Waals surface area contributed by atoms with Crippen molar-refractivity contribution in [2.24, 2.45) is 11.8 Å². The van der Waals surface area contributed by atoms with Gasteiger partial charge in [0.25, 0.3) is 0 Å². The minimum absolute atomic E-state index is 0.412. The Morgan fingerprint density at radius 1 is 1.18 bits per heavy atom. The van der Waals surface area contributed by atoms with Gasteiger partial charge in [0.2, 0.25) is 0 Å². The molecule has 0 bridgehead atoms. The van der Waals surface area contributed by atoms with Gasteiger partial charge in [0.05, 0.1) is 13.2 Å². The van der Waals surface area contributed by atoms with E-state index in [-0.39, 0.29) is 0 Å². The topological polar surface area (TPSA) is 21.8 Å². The number of unbranched alkanes of at least 4 members (excludes halogenated alkanes) is 1. The third kappa shape index (κ3) is 7.05. The maximum atomic E-state index is 5.74. The van der Waals surface area contributed by atoms with E-state index < -0.39 is 0 Å². The van der Waals surface area contributed by atoms with E-state index >= 15 is 0 Å². The van der Waals surface area contributed by atoms with Crippen LogP contribution < -0.4 is 0 Å². The van der Waals surface area contributed by atoms with Crippen molar-refractivity contribution in [1.82, 2.24) is 0 Å². The molecule has 3 atom stereocenters. The Bertz CT molecular complexity index is 178. The molecule has 1 aliphatic heterocycles. The van der Waals surface area contributed by atoms with Crippen LogP contribution in [0.3, 0.4) is 0 Å². The molecule has 1 rings (SSSR count). The van der Waals surface area contributed by atoms with Crippen molar-refractivity contribution in [3.8, 4) is 0 Å². The van der Waals surface area contributed by atoms with Crippen LogP contribution in [0, 0.1) is 11.8 Å². The Labute approximate surface area is 107 Å². The fourth-order valence-corrected chi connectivity index (χ4v) is 2.34. The molecule has 0 aromatic rings. The predicted molar refractivity (Wildman–Crippen MR) is 72.3 cm³/mol. The molecule has 1 aliphatic rings. The van der Waals surface area contributed by atoms with Crippen LogP contribution in [0.25, 0.3) is 0 Å². The number of rotatable bonds is 11. The van der Waals surface area contributed by atoms with Crippen molar-refractivity contribution < 1.29 is 9.47 Å². The van der Waals surface area contributed by atoms with E-state index in [4.69, 9.17) is 9.47 Å². The molecule has 1 heterocycles. The van der Waals surface area contributed by atoms with Gasteiger partial charge in [0.1, 0.15) is 6.10 Å². The van der Waals surface area contributed by atoms with Crippen LogP contribution in [-0.4, -0.2) is 25.9 Å². The summed E-state index contributed by atoms with van der Waals surface area (Å²) in [5.74, 6) is 1.65. The van der Waals surface area contributed by atoms with Gasteiger partial charge in [-0.25, -0.2) is 0 Å². The van der Waals surface area contributed by atoms with Gasteiger partial charge in [0, 0.05) is 6.61 Å². The lowest BCUT2D eigenvalue weighted by Crippen LogP contribution is -2.15. The van der Waals surface area contributed by atoms with E-state index in [1.165, 1.54) is 38.5 Å². The average Bonchev–Trinajstić information content (AvgIpc) is 3.16. The van der Waals surface area contributed by atoms with Gasteiger partial charge < -0.3 is 9.47 Å². The van der Waals surface area contributed by atoms with Crippen LogP contribution in [0.15, 0.2) is 0 Å². The summed E-state index contributed by atoms with van der Waals surface area (Å²) in [5, 5.41) is 0. The monoisotopic (exact) mass is 242 g/mol. The largest absolute Gasteiger partial charge is 0.378 e. The lowest BCUT2D eigenvalue weighted by Gasteiger charge is -2.21. The normalized spacial score (nSPS) is 22.4. The van der Waals surface area contributed by atoms with Gasteiger partial charge in [-0.1, -0.05) is 52.9 Å². The molecule has 0 unspecified atom stereocenters. The van der Waals surface area contributed by atoms with E-state index in [0.717, 1.165) is 31.7 Å². The van der Waals surface area contributed by atoms with E-state index in [9.17, 15) is 0 Å². The van der Waals surface area contributed by atoms with E-state index in [1.807, 2.05) is 0 Å². The summed E-state index contributed by atoms with van der Waals surface area (Å²) < 4.78 is 10.9. The molecule has 102 valence electrons. The Morgan fingerprint density at radius 2 is 1.88 bits per heavy atom. The van der Waals surface area contributed by atoms with Crippen molar-refractivity contribution in [3.63, 3.8) is 0 Å². The SMILES string of the molecule is CCCC[C@H](CC)C[C@@H](CC)COC[C@@H]1CO1. The van der Waals surface area contributed by atoms with Gasteiger partial charge in [-0.05, 0) is 18.3 Å². The van der Waals surface area contributed by atoms with E-state index in [2.05, 4.69) is 20.8 Å². The van der Waals surface area contributed by atoms with Crippen LogP contribution in [0.2, 0.25) is 0 Å². The number of hydrogen-bond acceptors (Lipinski definition) is 2. The highest BCUT2D eigenvalue weighted by Gasteiger charge is 2.23. The quantitative estimate of drug-likeness (QED) is 0.510. The van der Waals surface area contributed by atoms with Crippen LogP contribution >= 0.6 is 0 Å². The molecule has 0 N–H and O–H groups in total. The Kier molecular flexibility index (Phi) is 7.87. The van der Waals surface area contributed by atoms with Gasteiger partial charge >= 0.3 is 0 Å². The fourth-order valence-electron chi connectivity index (χ4n) is 2.34. The Morgan fingerprint density at radius 3 is 2.41 bits per heavy atom. The molecule has 2 nitrogen and oxygen atoms in total. The second kappa shape index (κ2) is 8.93. The van der Waals surface area contributed by atoms with Crippen LogP contribution in [0.4, 0.5) is 0 Å². The summed E-state index contributed by atoms with van der Waals surface area (Å²) in [5.41, 5.74) is 0. The van der Waals surface area contributed by atoms with E-state index in [1.54, 1.807) is 0 Å². The highest BCUT2D eigenvalue weighted by molar-refractivity contribution is 4.69. The lowest BCUT2D eigenvalue weighted by atomic mass is 9.88. The molecule has 2 heteroatoms. The predicted octanol–water partition coefficient (Wildman–Crippen LogP) is 4.03. The molecule has 0 amide bonds. The molecule has 0 aromatic heterocycles. The van der Waals surface area contributed by atoms with Gasteiger partial charge in [-0.3, -0.25) is 0 Å². The molecule has 0 aromatic carbocycles. The first-order valence-corrected chi connectivity index (χ1v) is 7.49. The summed E-state index contributed by atoms with van der Waals surface area (Å²) in [7, 11) is 0. The van der Waals surface area contributed by atoms with Crippen molar-refractivity contribution >= 4 is 0 Å². The maximum Gasteiger partial charge on any atom is 0.104 e. The Hall–Kier alpha value is -0.0800. The third-order valence-electron chi connectivity index (χ3n) is 3.85. The molecule has 1 saturated heterocycles. The molecule has 17 heavy (non-hydrogen) atoms. The lowest BCUT2D eigenvalue weighted by molar-refractivity contribution is 0.0754. The zero-order valence-electron chi connectivity index (χ0n) is 11.9. The first-order chi connectivity index (χ1) is 8.30. The van der Waals surface area contributed by atoms with Crippen molar-refractivity contribution in [1.29, 1.82) is 0 Å². The molecule has 0 saturated carbocycles. The Balaban J connectivity index is 2.12. The zero-order valence-corrected chi connectivity index (χ0v) is 11.9. The van der Waals surface area contributed by atoms with Crippen molar-refractivity contribution in [2.75, 3.05) is 19.8 Å². The molecule has 0 spiro atoms. The summed E-state index contributed by atoms with van der Waals surface area (Å²) in [6.45, 7) is 9.54. The highest BCUT2D eigenvalue weighted by Crippen LogP contribution is 2.24. The summed E-state index contributed by atoms with van der Waals surface area (Å²) in [4.78, 5) is 0. The first-order valence-electron chi connectivity index (χ1n) is 7.49. The minimum Gasteiger partial charge on any atom is -0.378 e. The zero-order chi connectivity index (χ0) is 12.5. The molecule has 1 fully saturated rings. The van der Waals surface area contributed by atoms with Crippen LogP contribution in [0.1, 0.15) is 59.3 Å². The standard InChI is InChI=1S/C15H30O2/c1-4-7-8-13(5-2)9-14(6-3)10-16-11-15-12-17-15/h13-15H,4-12H2,1-3H3/t13-,14+,15+/m0/s1. The van der Waals surface area contributed by atoms with Crippen molar-refractivity contribution in [2.45, 2.75) is 65.4 Å². The van der Waals surface area contributed by atoms with Crippen molar-refractivity contribution in [3.05, 3.63) is 0 Å². The number of ether oxygens (including phenoxy) is 2. The second-order valence-corrected chi connectivity index (χ2v) is 5.42. The smallest absolute Gasteiger partial charge is 0.104 e. The van der Waals surface area contributed by atoms with Crippen LogP contribution in [-0.2, 0) is 9.47 Å². The average molecular weight is 242 g/mol. The fraction of sp³-hybridized carbons (Fsp3) is 1.00. The maximum absolute atomic E-state index is 5.74. The van der Waals surface area contributed by atoms with Gasteiger partial charge in [0.15, 0.2) is 0 Å². The molecule has 0 aliphatic carbocycles. The minimum atomic E-state index is 0.412. The summed E-state index contributed by atoms with van der Waals surface area (Å²) in [6.07, 6.45) is 8.42. The second-order valence-electron chi connectivity index (χ2n) is 5.42. The first kappa shape index (κ1) is 15.0.